The van der Waals surface area contributed by atoms with Crippen LogP contribution >= 0.6 is 15.9 Å². The molecule has 1 fully saturated rings. The lowest BCUT2D eigenvalue weighted by Crippen LogP contribution is -2.57. The lowest BCUT2D eigenvalue weighted by atomic mass is 10.2. The molecule has 0 spiro atoms. The fraction of sp³-hybridized carbons (Fsp3) is 0.273. The van der Waals surface area contributed by atoms with Crippen molar-refractivity contribution in [2.75, 3.05) is 11.4 Å². The van der Waals surface area contributed by atoms with Gasteiger partial charge in [-0.1, -0.05) is 0 Å². The highest BCUT2D eigenvalue weighted by molar-refractivity contribution is 9.10. The largest absolute Gasteiger partial charge is 0.343 e. The van der Waals surface area contributed by atoms with Crippen molar-refractivity contribution < 1.29 is 14.0 Å². The van der Waals surface area contributed by atoms with Crippen LogP contribution < -0.4 is 10.2 Å². The minimum atomic E-state index is -0.581. The quantitative estimate of drug-likeness (QED) is 0.853. The molecule has 90 valence electrons. The Kier molecular flexibility index (Phi) is 3.15. The molecule has 0 aromatic heterocycles. The Morgan fingerprint density at radius 2 is 2.18 bits per heavy atom. The van der Waals surface area contributed by atoms with E-state index >= 15 is 0 Å². The molecule has 1 aromatic rings. The van der Waals surface area contributed by atoms with Crippen molar-refractivity contribution in [2.45, 2.75) is 13.0 Å². The van der Waals surface area contributed by atoms with Crippen LogP contribution in [0.15, 0.2) is 22.7 Å². The number of anilines is 1. The molecule has 0 saturated carbocycles. The van der Waals surface area contributed by atoms with Crippen LogP contribution in [0.5, 0.6) is 0 Å². The minimum absolute atomic E-state index is 0.0791. The van der Waals surface area contributed by atoms with Gasteiger partial charge in [0.15, 0.2) is 0 Å². The summed E-state index contributed by atoms with van der Waals surface area (Å²) in [5.41, 5.74) is 0.386. The molecule has 4 nitrogen and oxygen atoms in total. The van der Waals surface area contributed by atoms with Gasteiger partial charge in [-0.25, -0.2) is 4.39 Å². The number of nitrogens with zero attached hydrogens (tertiary/aromatic N) is 1. The summed E-state index contributed by atoms with van der Waals surface area (Å²) < 4.78 is 13.7. The van der Waals surface area contributed by atoms with Crippen molar-refractivity contribution in [2.24, 2.45) is 0 Å². The zero-order chi connectivity index (χ0) is 12.6. The van der Waals surface area contributed by atoms with Crippen molar-refractivity contribution >= 4 is 33.4 Å². The van der Waals surface area contributed by atoms with Gasteiger partial charge in [-0.2, -0.15) is 0 Å². The van der Waals surface area contributed by atoms with Crippen LogP contribution in [-0.2, 0) is 9.59 Å². The van der Waals surface area contributed by atoms with Crippen LogP contribution in [0.3, 0.4) is 0 Å². The molecule has 2 rings (SSSR count). The molecule has 1 unspecified atom stereocenters. The van der Waals surface area contributed by atoms with Crippen molar-refractivity contribution in [1.29, 1.82) is 0 Å². The Bertz CT molecular complexity index is 492. The lowest BCUT2D eigenvalue weighted by molar-refractivity contribution is -0.130. The first-order chi connectivity index (χ1) is 7.99. The second kappa shape index (κ2) is 4.44. The maximum absolute atomic E-state index is 13.4. The maximum Gasteiger partial charge on any atom is 0.249 e. The van der Waals surface area contributed by atoms with E-state index in [1.807, 2.05) is 0 Å². The van der Waals surface area contributed by atoms with E-state index in [1.54, 1.807) is 13.0 Å². The van der Waals surface area contributed by atoms with Gasteiger partial charge in [-0.15, -0.1) is 0 Å². The summed E-state index contributed by atoms with van der Waals surface area (Å²) in [5.74, 6) is -0.958. The number of carbonyl (C=O) groups is 2. The third-order valence-corrected chi connectivity index (χ3v) is 3.17. The number of halogens is 2. The third kappa shape index (κ3) is 2.31. The van der Waals surface area contributed by atoms with Crippen LogP contribution in [-0.4, -0.2) is 24.4 Å². The van der Waals surface area contributed by atoms with Gasteiger partial charge in [-0.3, -0.25) is 9.59 Å². The molecule has 1 aliphatic rings. The maximum atomic E-state index is 13.4. The SMILES string of the molecule is CC1NC(=O)CN(c2ccc(Br)c(F)c2)C1=O. The molecule has 1 atom stereocenters. The van der Waals surface area contributed by atoms with E-state index in [-0.39, 0.29) is 18.4 Å². The molecular formula is C11H10BrFN2O2. The average Bonchev–Trinajstić information content (AvgIpc) is 2.27. The van der Waals surface area contributed by atoms with Gasteiger partial charge < -0.3 is 10.2 Å². The number of carbonyl (C=O) groups excluding carboxylic acids is 2. The fourth-order valence-electron chi connectivity index (χ4n) is 1.68. The summed E-state index contributed by atoms with van der Waals surface area (Å²) in [6.07, 6.45) is 0. The number of hydrogen-bond acceptors (Lipinski definition) is 2. The number of hydrogen-bond donors (Lipinski definition) is 1. The Balaban J connectivity index is 2.34. The smallest absolute Gasteiger partial charge is 0.249 e. The van der Waals surface area contributed by atoms with Gasteiger partial charge in [0.1, 0.15) is 18.4 Å². The highest BCUT2D eigenvalue weighted by atomic mass is 79.9. The molecule has 17 heavy (non-hydrogen) atoms. The van der Waals surface area contributed by atoms with Crippen LogP contribution in [0.1, 0.15) is 6.92 Å². The molecule has 0 aliphatic carbocycles. The summed E-state index contributed by atoms with van der Waals surface area (Å²) in [4.78, 5) is 24.5. The second-order valence-corrected chi connectivity index (χ2v) is 4.67. The second-order valence-electron chi connectivity index (χ2n) is 3.81. The molecule has 1 N–H and O–H groups in total. The van der Waals surface area contributed by atoms with Crippen molar-refractivity contribution in [1.82, 2.24) is 5.32 Å². The summed E-state index contributed by atoms with van der Waals surface area (Å²) in [5, 5.41) is 2.52. The first kappa shape index (κ1) is 12.0. The summed E-state index contributed by atoms with van der Waals surface area (Å²) in [7, 11) is 0. The van der Waals surface area contributed by atoms with Crippen molar-refractivity contribution in [3.8, 4) is 0 Å². The van der Waals surface area contributed by atoms with E-state index in [2.05, 4.69) is 21.2 Å². The van der Waals surface area contributed by atoms with E-state index in [9.17, 15) is 14.0 Å². The lowest BCUT2D eigenvalue weighted by Gasteiger charge is -2.30. The van der Waals surface area contributed by atoms with Crippen LogP contribution in [0, 0.1) is 5.82 Å². The van der Waals surface area contributed by atoms with Gasteiger partial charge in [-0.05, 0) is 41.1 Å². The Hall–Kier alpha value is -1.43. The van der Waals surface area contributed by atoms with Gasteiger partial charge in [0.25, 0.3) is 0 Å². The molecule has 1 heterocycles. The minimum Gasteiger partial charge on any atom is -0.343 e. The standard InChI is InChI=1S/C11H10BrFN2O2/c1-6-11(17)15(5-10(16)14-6)7-2-3-8(12)9(13)4-7/h2-4,6H,5H2,1H3,(H,14,16). The normalized spacial score (nSPS) is 20.4. The predicted molar refractivity (Wildman–Crippen MR) is 64.1 cm³/mol. The molecule has 1 saturated heterocycles. The molecule has 1 aromatic carbocycles. The third-order valence-electron chi connectivity index (χ3n) is 2.53. The van der Waals surface area contributed by atoms with Crippen LogP contribution in [0.25, 0.3) is 0 Å². The van der Waals surface area contributed by atoms with Gasteiger partial charge in [0.05, 0.1) is 4.47 Å². The van der Waals surface area contributed by atoms with Crippen molar-refractivity contribution in [3.63, 3.8) is 0 Å². The molecule has 0 bridgehead atoms. The number of piperazine rings is 1. The van der Waals surface area contributed by atoms with E-state index in [1.165, 1.54) is 17.0 Å². The average molecular weight is 301 g/mol. The van der Waals surface area contributed by atoms with Gasteiger partial charge >= 0.3 is 0 Å². The highest BCUT2D eigenvalue weighted by Crippen LogP contribution is 2.23. The van der Waals surface area contributed by atoms with E-state index < -0.39 is 11.9 Å². The number of nitrogens with one attached hydrogen (secondary N) is 1. The molecule has 2 amide bonds. The number of benzene rings is 1. The summed E-state index contributed by atoms with van der Waals surface area (Å²) >= 11 is 3.03. The number of amides is 2. The first-order valence-corrected chi connectivity index (χ1v) is 5.84. The Labute approximate surface area is 106 Å². The topological polar surface area (TPSA) is 49.4 Å². The van der Waals surface area contributed by atoms with E-state index in [0.717, 1.165) is 0 Å². The van der Waals surface area contributed by atoms with Crippen LogP contribution in [0.2, 0.25) is 0 Å². The monoisotopic (exact) mass is 300 g/mol. The van der Waals surface area contributed by atoms with E-state index in [0.29, 0.717) is 10.2 Å². The predicted octanol–water partition coefficient (Wildman–Crippen LogP) is 1.44. The molecular weight excluding hydrogens is 291 g/mol. The Morgan fingerprint density at radius 1 is 1.47 bits per heavy atom. The van der Waals surface area contributed by atoms with Crippen LogP contribution in [0.4, 0.5) is 10.1 Å². The Morgan fingerprint density at radius 3 is 2.82 bits per heavy atom. The van der Waals surface area contributed by atoms with E-state index in [4.69, 9.17) is 0 Å². The summed E-state index contributed by atoms with van der Waals surface area (Å²) in [6, 6.07) is 3.75. The molecule has 6 heteroatoms. The zero-order valence-corrected chi connectivity index (χ0v) is 10.6. The molecule has 1 aliphatic heterocycles. The fourth-order valence-corrected chi connectivity index (χ4v) is 1.92. The first-order valence-electron chi connectivity index (χ1n) is 5.05. The van der Waals surface area contributed by atoms with Gasteiger partial charge in [0.2, 0.25) is 11.8 Å². The number of rotatable bonds is 1. The molecule has 0 radical (unpaired) electrons. The highest BCUT2D eigenvalue weighted by Gasteiger charge is 2.30. The summed E-state index contributed by atoms with van der Waals surface area (Å²) in [6.45, 7) is 1.52. The zero-order valence-electron chi connectivity index (χ0n) is 9.04. The van der Waals surface area contributed by atoms with Gasteiger partial charge in [0, 0.05) is 5.69 Å². The van der Waals surface area contributed by atoms with Crippen molar-refractivity contribution in [3.05, 3.63) is 28.5 Å².